The average Bonchev–Trinajstić information content (AvgIpc) is 3.13. The quantitative estimate of drug-likeness (QED) is 0.240. The number of aryl methyl sites for hydroxylation is 1. The minimum Gasteiger partial charge on any atom is -0.457 e. The van der Waals surface area contributed by atoms with Gasteiger partial charge in [-0.15, -0.1) is 11.8 Å². The SMILES string of the molecule is Cc1ccc(SCC(=O)Nc2cccc(Oc3ccc4c(c3)C(=O)N(c3ccccc3)C4=O)c2)cc1. The summed E-state index contributed by atoms with van der Waals surface area (Å²) in [4.78, 5) is 40.4. The van der Waals surface area contributed by atoms with E-state index in [2.05, 4.69) is 5.32 Å². The zero-order valence-electron chi connectivity index (χ0n) is 19.4. The molecule has 1 heterocycles. The highest BCUT2D eigenvalue weighted by Crippen LogP contribution is 2.32. The molecule has 7 heteroatoms. The van der Waals surface area contributed by atoms with E-state index < -0.39 is 5.91 Å². The minimum absolute atomic E-state index is 0.125. The van der Waals surface area contributed by atoms with Gasteiger partial charge in [0.15, 0.2) is 0 Å². The molecule has 0 unspecified atom stereocenters. The van der Waals surface area contributed by atoms with E-state index in [1.807, 2.05) is 37.3 Å². The first-order valence-electron chi connectivity index (χ1n) is 11.3. The highest BCUT2D eigenvalue weighted by atomic mass is 32.2. The van der Waals surface area contributed by atoms with E-state index in [9.17, 15) is 14.4 Å². The molecule has 4 aromatic rings. The number of fused-ring (bicyclic) bond motifs is 1. The van der Waals surface area contributed by atoms with Crippen LogP contribution < -0.4 is 15.0 Å². The monoisotopic (exact) mass is 494 g/mol. The number of hydrogen-bond acceptors (Lipinski definition) is 5. The fourth-order valence-electron chi connectivity index (χ4n) is 3.85. The van der Waals surface area contributed by atoms with Crippen molar-refractivity contribution in [2.75, 3.05) is 16.0 Å². The molecule has 4 aromatic carbocycles. The summed E-state index contributed by atoms with van der Waals surface area (Å²) in [5.41, 5.74) is 2.93. The van der Waals surface area contributed by atoms with Crippen LogP contribution in [-0.2, 0) is 4.79 Å². The highest BCUT2D eigenvalue weighted by molar-refractivity contribution is 8.00. The molecule has 36 heavy (non-hydrogen) atoms. The number of thioether (sulfide) groups is 1. The maximum absolute atomic E-state index is 13.0. The van der Waals surface area contributed by atoms with E-state index in [0.29, 0.717) is 34.0 Å². The van der Waals surface area contributed by atoms with Gasteiger partial charge >= 0.3 is 0 Å². The first-order valence-corrected chi connectivity index (χ1v) is 12.3. The van der Waals surface area contributed by atoms with Crippen LogP contribution in [0.25, 0.3) is 0 Å². The molecule has 0 saturated heterocycles. The predicted molar refractivity (Wildman–Crippen MR) is 141 cm³/mol. The van der Waals surface area contributed by atoms with Crippen molar-refractivity contribution in [1.29, 1.82) is 0 Å². The number of carbonyl (C=O) groups excluding carboxylic acids is 3. The van der Waals surface area contributed by atoms with Crippen molar-refractivity contribution in [2.24, 2.45) is 0 Å². The Hall–Kier alpha value is -4.36. The molecule has 0 aromatic heterocycles. The van der Waals surface area contributed by atoms with Gasteiger partial charge in [-0.25, -0.2) is 4.90 Å². The maximum Gasteiger partial charge on any atom is 0.266 e. The summed E-state index contributed by atoms with van der Waals surface area (Å²) in [6.45, 7) is 2.02. The Kier molecular flexibility index (Phi) is 6.56. The lowest BCUT2D eigenvalue weighted by Crippen LogP contribution is -2.29. The average molecular weight is 495 g/mol. The van der Waals surface area contributed by atoms with Gasteiger partial charge in [-0.3, -0.25) is 14.4 Å². The van der Waals surface area contributed by atoms with Gasteiger partial charge in [-0.1, -0.05) is 42.0 Å². The first kappa shape index (κ1) is 23.4. The minimum atomic E-state index is -0.390. The van der Waals surface area contributed by atoms with Crippen LogP contribution >= 0.6 is 11.8 Å². The number of nitrogens with one attached hydrogen (secondary N) is 1. The van der Waals surface area contributed by atoms with Crippen LogP contribution in [0, 0.1) is 6.92 Å². The van der Waals surface area contributed by atoms with Gasteiger partial charge in [0.05, 0.1) is 22.6 Å². The molecule has 0 spiro atoms. The third kappa shape index (κ3) is 5.01. The third-order valence-corrected chi connectivity index (χ3v) is 6.63. The van der Waals surface area contributed by atoms with Crippen LogP contribution in [0.2, 0.25) is 0 Å². The van der Waals surface area contributed by atoms with E-state index >= 15 is 0 Å². The van der Waals surface area contributed by atoms with E-state index in [4.69, 9.17) is 4.74 Å². The lowest BCUT2D eigenvalue weighted by Gasteiger charge is -2.13. The topological polar surface area (TPSA) is 75.7 Å². The van der Waals surface area contributed by atoms with Crippen LogP contribution in [0.15, 0.2) is 102 Å². The molecule has 0 bridgehead atoms. The van der Waals surface area contributed by atoms with Crippen molar-refractivity contribution in [3.05, 3.63) is 114 Å². The Morgan fingerprint density at radius 2 is 1.53 bits per heavy atom. The van der Waals surface area contributed by atoms with E-state index in [1.54, 1.807) is 66.7 Å². The third-order valence-electron chi connectivity index (χ3n) is 5.62. The molecule has 6 nitrogen and oxygen atoms in total. The van der Waals surface area contributed by atoms with Crippen LogP contribution in [0.1, 0.15) is 26.3 Å². The molecular weight excluding hydrogens is 472 g/mol. The normalized spacial score (nSPS) is 12.4. The van der Waals surface area contributed by atoms with Crippen LogP contribution in [0.4, 0.5) is 11.4 Å². The predicted octanol–water partition coefficient (Wildman–Crippen LogP) is 6.32. The molecule has 3 amide bonds. The highest BCUT2D eigenvalue weighted by Gasteiger charge is 2.36. The van der Waals surface area contributed by atoms with Crippen molar-refractivity contribution in [1.82, 2.24) is 0 Å². The summed E-state index contributed by atoms with van der Waals surface area (Å²) in [6, 6.07) is 28.7. The van der Waals surface area contributed by atoms with Gasteiger partial charge in [0.2, 0.25) is 5.91 Å². The number of amides is 3. The number of nitrogens with zero attached hydrogens (tertiary/aromatic N) is 1. The van der Waals surface area contributed by atoms with Gasteiger partial charge in [-0.05, 0) is 61.5 Å². The standard InChI is InChI=1S/C29H22N2O4S/c1-19-10-13-24(14-11-19)36-18-27(32)30-20-6-5-9-22(16-20)35-23-12-15-25-26(17-23)29(34)31(28(25)33)21-7-3-2-4-8-21/h2-17H,18H2,1H3,(H,30,32). The second kappa shape index (κ2) is 10.1. The van der Waals surface area contributed by atoms with Crippen LogP contribution in [0.3, 0.4) is 0 Å². The Bertz CT molecular complexity index is 1450. The molecule has 178 valence electrons. The summed E-state index contributed by atoms with van der Waals surface area (Å²) in [6.07, 6.45) is 0. The summed E-state index contributed by atoms with van der Waals surface area (Å²) >= 11 is 1.47. The molecule has 0 fully saturated rings. The number of ether oxygens (including phenoxy) is 1. The number of carbonyl (C=O) groups is 3. The first-order chi connectivity index (χ1) is 17.5. The summed E-state index contributed by atoms with van der Waals surface area (Å²) in [5.74, 6) is 0.325. The van der Waals surface area contributed by atoms with Crippen LogP contribution in [-0.4, -0.2) is 23.5 Å². The zero-order valence-corrected chi connectivity index (χ0v) is 20.2. The van der Waals surface area contributed by atoms with Crippen molar-refractivity contribution in [3.8, 4) is 11.5 Å². The molecule has 0 atom stereocenters. The van der Waals surface area contributed by atoms with E-state index in [-0.39, 0.29) is 17.6 Å². The Balaban J connectivity index is 1.25. The maximum atomic E-state index is 13.0. The van der Waals surface area contributed by atoms with Gasteiger partial charge < -0.3 is 10.1 Å². The fraction of sp³-hybridized carbons (Fsp3) is 0.0690. The largest absolute Gasteiger partial charge is 0.457 e. The number of para-hydroxylation sites is 1. The van der Waals surface area contributed by atoms with Crippen molar-refractivity contribution < 1.29 is 19.1 Å². The second-order valence-corrected chi connectivity index (χ2v) is 9.32. The number of imide groups is 1. The molecule has 1 N–H and O–H groups in total. The Morgan fingerprint density at radius 3 is 2.31 bits per heavy atom. The van der Waals surface area contributed by atoms with Gasteiger partial charge in [0, 0.05) is 16.6 Å². The second-order valence-electron chi connectivity index (χ2n) is 8.27. The summed E-state index contributed by atoms with van der Waals surface area (Å²) in [5, 5.41) is 2.88. The Morgan fingerprint density at radius 1 is 0.806 bits per heavy atom. The number of hydrogen-bond donors (Lipinski definition) is 1. The number of anilines is 2. The molecule has 0 aliphatic carbocycles. The molecule has 1 aliphatic heterocycles. The lowest BCUT2D eigenvalue weighted by molar-refractivity contribution is -0.113. The molecule has 5 rings (SSSR count). The van der Waals surface area contributed by atoms with Gasteiger partial charge in [0.25, 0.3) is 11.8 Å². The summed E-state index contributed by atoms with van der Waals surface area (Å²) < 4.78 is 5.95. The van der Waals surface area contributed by atoms with E-state index in [1.165, 1.54) is 22.2 Å². The van der Waals surface area contributed by atoms with E-state index in [0.717, 1.165) is 4.90 Å². The molecule has 0 saturated carbocycles. The molecule has 0 radical (unpaired) electrons. The van der Waals surface area contributed by atoms with Crippen LogP contribution in [0.5, 0.6) is 11.5 Å². The fourth-order valence-corrected chi connectivity index (χ4v) is 4.55. The van der Waals surface area contributed by atoms with Gasteiger partial charge in [0.1, 0.15) is 11.5 Å². The Labute approximate surface area is 212 Å². The van der Waals surface area contributed by atoms with Crippen molar-refractivity contribution >= 4 is 40.9 Å². The zero-order chi connectivity index (χ0) is 25.1. The molecular formula is C29H22N2O4S. The molecule has 1 aliphatic rings. The lowest BCUT2D eigenvalue weighted by atomic mass is 10.1. The van der Waals surface area contributed by atoms with Gasteiger partial charge in [-0.2, -0.15) is 0 Å². The summed E-state index contributed by atoms with van der Waals surface area (Å²) in [7, 11) is 0. The van der Waals surface area contributed by atoms with Crippen molar-refractivity contribution in [3.63, 3.8) is 0 Å². The van der Waals surface area contributed by atoms with Crippen molar-refractivity contribution in [2.45, 2.75) is 11.8 Å². The smallest absolute Gasteiger partial charge is 0.266 e. The number of benzene rings is 4. The number of rotatable bonds is 7.